The number of alkyl halides is 6. The fraction of sp³-hybridized carbons (Fsp3) is 0.344. The van der Waals surface area contributed by atoms with Crippen LogP contribution < -0.4 is 16.0 Å². The number of halogens is 6. The van der Waals surface area contributed by atoms with Crippen LogP contribution in [0.25, 0.3) is 22.4 Å². The van der Waals surface area contributed by atoms with Crippen LogP contribution in [0.2, 0.25) is 0 Å². The van der Waals surface area contributed by atoms with Crippen molar-refractivity contribution in [2.24, 2.45) is 0 Å². The molecule has 1 saturated heterocycles. The Kier molecular flexibility index (Phi) is 14.4. The molecule has 1 aliphatic rings. The predicted molar refractivity (Wildman–Crippen MR) is 171 cm³/mol. The molecule has 1 aromatic heterocycles. The van der Waals surface area contributed by atoms with E-state index in [1.54, 1.807) is 30.3 Å². The number of nitriles is 1. The van der Waals surface area contributed by atoms with E-state index in [9.17, 15) is 41.5 Å². The SMILES string of the molecule is CN(C)c1ccc(NC(=O)CCN2CCCCC2)cc1-c1cc(-c2ccccc2O)nc(N)c1C#N.O=C(O)C(F)(F)F.O=C(O)C(F)(F)F. The number of nitrogens with two attached hydrogens (primary N) is 1. The third-order valence-corrected chi connectivity index (χ3v) is 6.98. The van der Waals surface area contributed by atoms with Crippen LogP contribution in [0.4, 0.5) is 43.5 Å². The van der Waals surface area contributed by atoms with E-state index in [4.69, 9.17) is 25.5 Å². The van der Waals surface area contributed by atoms with E-state index < -0.39 is 24.3 Å². The van der Waals surface area contributed by atoms with Crippen molar-refractivity contribution in [2.75, 3.05) is 49.7 Å². The number of carboxylic acids is 2. The molecule has 0 saturated carbocycles. The molecular formula is C32H34F6N6O6. The zero-order chi connectivity index (χ0) is 37.8. The third kappa shape index (κ3) is 12.1. The van der Waals surface area contributed by atoms with Crippen molar-refractivity contribution < 1.29 is 56.0 Å². The van der Waals surface area contributed by atoms with Gasteiger partial charge in [0.25, 0.3) is 0 Å². The van der Waals surface area contributed by atoms with Crippen LogP contribution in [0.5, 0.6) is 5.75 Å². The minimum absolute atomic E-state index is 0.0474. The summed E-state index contributed by atoms with van der Waals surface area (Å²) >= 11 is 0. The molecule has 2 aromatic carbocycles. The van der Waals surface area contributed by atoms with Crippen molar-refractivity contribution >= 4 is 35.0 Å². The predicted octanol–water partition coefficient (Wildman–Crippen LogP) is 5.72. The van der Waals surface area contributed by atoms with Gasteiger partial charge in [0.05, 0.1) is 5.69 Å². The summed E-state index contributed by atoms with van der Waals surface area (Å²) in [6, 6.07) is 16.4. The molecule has 3 aromatic rings. The number of phenols is 1. The Morgan fingerprint density at radius 3 is 1.98 bits per heavy atom. The second kappa shape index (κ2) is 17.7. The van der Waals surface area contributed by atoms with Gasteiger partial charge in [0.1, 0.15) is 23.2 Å². The summed E-state index contributed by atoms with van der Waals surface area (Å²) in [5, 5.41) is 37.5. The van der Waals surface area contributed by atoms with Crippen molar-refractivity contribution in [2.45, 2.75) is 38.0 Å². The number of nitrogens with one attached hydrogen (secondary N) is 1. The number of pyridine rings is 1. The molecule has 1 amide bonds. The van der Waals surface area contributed by atoms with E-state index in [-0.39, 0.29) is 23.0 Å². The molecule has 4 rings (SSSR count). The van der Waals surface area contributed by atoms with E-state index in [0.717, 1.165) is 30.9 Å². The summed E-state index contributed by atoms with van der Waals surface area (Å²) in [6.07, 6.45) is -6.10. The summed E-state index contributed by atoms with van der Waals surface area (Å²) < 4.78 is 63.5. The van der Waals surface area contributed by atoms with Gasteiger partial charge in [-0.2, -0.15) is 31.6 Å². The van der Waals surface area contributed by atoms with Gasteiger partial charge in [-0.05, 0) is 62.3 Å². The second-order valence-corrected chi connectivity index (χ2v) is 10.9. The van der Waals surface area contributed by atoms with Gasteiger partial charge in [-0.25, -0.2) is 14.6 Å². The Balaban J connectivity index is 0.000000521. The van der Waals surface area contributed by atoms with Crippen molar-refractivity contribution in [3.05, 3.63) is 54.1 Å². The van der Waals surface area contributed by atoms with Crippen LogP contribution >= 0.6 is 0 Å². The standard InChI is InChI=1S/C28H32N6O2.2C2HF3O2/c1-33(2)25-11-10-19(31-27(36)12-15-34-13-6-3-7-14-34)16-22(25)21-17-24(32-28(30)23(21)18-29)20-8-4-5-9-26(20)35;2*3-2(4,5)1(6)7/h4-5,8-11,16-17,35H,3,6-7,12-15H2,1-2H3,(H2,30,32)(H,31,36);2*(H,6,7). The van der Waals surface area contributed by atoms with Crippen LogP contribution in [0.15, 0.2) is 48.5 Å². The number of phenolic OH excluding ortho intramolecular Hbond substituents is 1. The smallest absolute Gasteiger partial charge is 0.490 e. The van der Waals surface area contributed by atoms with Crippen LogP contribution in [0.3, 0.4) is 0 Å². The second-order valence-electron chi connectivity index (χ2n) is 10.9. The molecule has 2 heterocycles. The highest BCUT2D eigenvalue weighted by Gasteiger charge is 2.38. The summed E-state index contributed by atoms with van der Waals surface area (Å²) in [7, 11) is 3.83. The molecule has 6 N–H and O–H groups in total. The molecule has 12 nitrogen and oxygen atoms in total. The number of hydrogen-bond donors (Lipinski definition) is 5. The number of nitrogen functional groups attached to an aromatic ring is 1. The number of carbonyl (C=O) groups excluding carboxylic acids is 1. The Morgan fingerprint density at radius 2 is 1.48 bits per heavy atom. The lowest BCUT2D eigenvalue weighted by Crippen LogP contribution is -2.32. The highest BCUT2D eigenvalue weighted by molar-refractivity contribution is 5.94. The number of aromatic nitrogens is 1. The van der Waals surface area contributed by atoms with Gasteiger partial charge in [0.2, 0.25) is 5.91 Å². The molecule has 0 atom stereocenters. The van der Waals surface area contributed by atoms with Gasteiger partial charge in [-0.3, -0.25) is 4.79 Å². The first kappa shape index (κ1) is 40.6. The van der Waals surface area contributed by atoms with Crippen LogP contribution in [0.1, 0.15) is 31.2 Å². The number of aliphatic carboxylic acids is 2. The fourth-order valence-corrected chi connectivity index (χ4v) is 4.61. The van der Waals surface area contributed by atoms with E-state index >= 15 is 0 Å². The molecule has 1 aliphatic heterocycles. The number of aromatic hydroxyl groups is 1. The normalized spacial score (nSPS) is 13.0. The van der Waals surface area contributed by atoms with Gasteiger partial charge in [-0.15, -0.1) is 0 Å². The van der Waals surface area contributed by atoms with Crippen molar-refractivity contribution in [3.63, 3.8) is 0 Å². The zero-order valence-corrected chi connectivity index (χ0v) is 26.8. The lowest BCUT2D eigenvalue weighted by molar-refractivity contribution is -0.193. The number of nitrogens with zero attached hydrogens (tertiary/aromatic N) is 4. The molecule has 50 heavy (non-hydrogen) atoms. The number of carbonyl (C=O) groups is 3. The topological polar surface area (TPSA) is 193 Å². The molecule has 0 bridgehead atoms. The number of piperidine rings is 1. The van der Waals surface area contributed by atoms with E-state index in [2.05, 4.69) is 21.3 Å². The molecular weight excluding hydrogens is 678 g/mol. The minimum atomic E-state index is -5.08. The van der Waals surface area contributed by atoms with E-state index in [1.807, 2.05) is 37.2 Å². The van der Waals surface area contributed by atoms with Crippen molar-refractivity contribution in [3.8, 4) is 34.2 Å². The Labute approximate surface area is 282 Å². The summed E-state index contributed by atoms with van der Waals surface area (Å²) in [5.74, 6) is -5.41. The number of para-hydroxylation sites is 1. The largest absolute Gasteiger partial charge is 0.507 e. The minimum Gasteiger partial charge on any atom is -0.507 e. The average Bonchev–Trinajstić information content (AvgIpc) is 3.03. The summed E-state index contributed by atoms with van der Waals surface area (Å²) in [6.45, 7) is 2.85. The van der Waals surface area contributed by atoms with Gasteiger partial charge in [-0.1, -0.05) is 18.6 Å². The van der Waals surface area contributed by atoms with E-state index in [0.29, 0.717) is 28.9 Å². The molecule has 0 radical (unpaired) electrons. The maximum absolute atomic E-state index is 12.7. The lowest BCUT2D eigenvalue weighted by Gasteiger charge is -2.26. The van der Waals surface area contributed by atoms with Gasteiger partial charge >= 0.3 is 24.3 Å². The van der Waals surface area contributed by atoms with Gasteiger partial charge in [0.15, 0.2) is 0 Å². The molecule has 270 valence electrons. The summed E-state index contributed by atoms with van der Waals surface area (Å²) in [5.41, 5.74) is 10.2. The molecule has 1 fully saturated rings. The first-order chi connectivity index (χ1) is 23.3. The quantitative estimate of drug-likeness (QED) is 0.188. The highest BCUT2D eigenvalue weighted by Crippen LogP contribution is 2.39. The van der Waals surface area contributed by atoms with Crippen LogP contribution in [-0.2, 0) is 14.4 Å². The number of benzene rings is 2. The lowest BCUT2D eigenvalue weighted by atomic mass is 9.96. The van der Waals surface area contributed by atoms with Crippen LogP contribution in [0, 0.1) is 11.3 Å². The highest BCUT2D eigenvalue weighted by atomic mass is 19.4. The average molecular weight is 713 g/mol. The Hall–Kier alpha value is -5.57. The first-order valence-corrected chi connectivity index (χ1v) is 14.7. The molecule has 0 spiro atoms. The van der Waals surface area contributed by atoms with Crippen molar-refractivity contribution in [1.29, 1.82) is 5.26 Å². The fourth-order valence-electron chi connectivity index (χ4n) is 4.61. The zero-order valence-electron chi connectivity index (χ0n) is 26.8. The monoisotopic (exact) mass is 712 g/mol. The third-order valence-electron chi connectivity index (χ3n) is 6.98. The number of amides is 1. The Morgan fingerprint density at radius 1 is 0.920 bits per heavy atom. The number of likely N-dealkylation sites (tertiary alicyclic amines) is 1. The number of anilines is 3. The Bertz CT molecular complexity index is 1680. The van der Waals surface area contributed by atoms with Gasteiger partial charge in [0, 0.05) is 55.1 Å². The number of hydrogen-bond acceptors (Lipinski definition) is 9. The summed E-state index contributed by atoms with van der Waals surface area (Å²) in [4.78, 5) is 39.2. The number of rotatable bonds is 7. The van der Waals surface area contributed by atoms with Crippen LogP contribution in [-0.4, -0.2) is 89.1 Å². The first-order valence-electron chi connectivity index (χ1n) is 14.7. The number of carboxylic acid groups (broad SMARTS) is 2. The maximum Gasteiger partial charge on any atom is 0.490 e. The van der Waals surface area contributed by atoms with Gasteiger partial charge < -0.3 is 36.2 Å². The van der Waals surface area contributed by atoms with E-state index in [1.165, 1.54) is 19.3 Å². The molecule has 0 unspecified atom stereocenters. The molecule has 0 aliphatic carbocycles. The maximum atomic E-state index is 12.7. The molecule has 18 heteroatoms. The van der Waals surface area contributed by atoms with Crippen molar-refractivity contribution in [1.82, 2.24) is 9.88 Å².